The molecule has 0 radical (unpaired) electrons. The monoisotopic (exact) mass is 642 g/mol. The minimum atomic E-state index is -4.17. The van der Waals surface area contributed by atoms with E-state index in [-0.39, 0.29) is 19.5 Å². The van der Waals surface area contributed by atoms with Crippen LogP contribution in [0.3, 0.4) is 0 Å². The van der Waals surface area contributed by atoms with E-state index in [0.717, 1.165) is 46.5 Å². The average Bonchev–Trinajstić information content (AvgIpc) is 3.65. The van der Waals surface area contributed by atoms with Crippen molar-refractivity contribution in [3.63, 3.8) is 0 Å². The summed E-state index contributed by atoms with van der Waals surface area (Å²) in [6.07, 6.45) is 1.11. The highest BCUT2D eigenvalue weighted by Gasteiger charge is 2.65. The van der Waals surface area contributed by atoms with Crippen molar-refractivity contribution >= 4 is 20.9 Å². The van der Waals surface area contributed by atoms with E-state index in [9.17, 15) is 8.42 Å². The van der Waals surface area contributed by atoms with Gasteiger partial charge in [0.05, 0.1) is 24.7 Å². The van der Waals surface area contributed by atoms with Crippen molar-refractivity contribution in [1.82, 2.24) is 0 Å². The van der Waals surface area contributed by atoms with E-state index in [0.29, 0.717) is 11.3 Å². The minimum Gasteiger partial charge on any atom is -0.496 e. The summed E-state index contributed by atoms with van der Waals surface area (Å²) in [7, 11) is -2.65. The first-order valence-corrected chi connectivity index (χ1v) is 16.6. The minimum absolute atomic E-state index is 0.137. The van der Waals surface area contributed by atoms with Crippen LogP contribution in [0.25, 0.3) is 22.0 Å². The Morgan fingerprint density at radius 1 is 1.00 bits per heavy atom. The third-order valence-corrected chi connectivity index (χ3v) is 10.1. The maximum atomic E-state index is 13.7. The van der Waals surface area contributed by atoms with Gasteiger partial charge in [-0.2, -0.15) is 13.0 Å². The van der Waals surface area contributed by atoms with Crippen molar-refractivity contribution in [3.8, 4) is 28.5 Å². The van der Waals surface area contributed by atoms with Gasteiger partial charge in [-0.1, -0.05) is 6.07 Å². The van der Waals surface area contributed by atoms with Crippen LogP contribution in [0.1, 0.15) is 38.8 Å². The van der Waals surface area contributed by atoms with Crippen molar-refractivity contribution < 1.29 is 55.1 Å². The SMILES string of the molecule is COc1ccc2cc3[n+](cc2c1CS(=O)(=O)OC[C@@]12OC[C@H]4OC(C)(C)O[C@H]4C1OC(C)(C)O2)CCc1cc2c(cc1-3)OCO2. The number of aryl methyl sites for hydroxylation is 2. The van der Waals surface area contributed by atoms with Crippen LogP contribution in [0.4, 0.5) is 0 Å². The molecule has 3 aromatic rings. The molecule has 2 aromatic carbocycles. The first kappa shape index (κ1) is 29.4. The number of rotatable bonds is 6. The summed E-state index contributed by atoms with van der Waals surface area (Å²) in [6, 6.07) is 9.84. The maximum Gasteiger partial charge on any atom is 0.271 e. The number of ether oxygens (including phenoxy) is 8. The van der Waals surface area contributed by atoms with Gasteiger partial charge in [-0.05, 0) is 56.8 Å². The lowest BCUT2D eigenvalue weighted by Crippen LogP contribution is -2.60. The summed E-state index contributed by atoms with van der Waals surface area (Å²) < 4.78 is 82.6. The number of nitrogens with zero attached hydrogens (tertiary/aromatic N) is 1. The van der Waals surface area contributed by atoms with E-state index < -0.39 is 52.0 Å². The molecule has 0 saturated carbocycles. The molecule has 45 heavy (non-hydrogen) atoms. The smallest absolute Gasteiger partial charge is 0.271 e. The molecule has 1 unspecified atom stereocenters. The van der Waals surface area contributed by atoms with E-state index in [1.165, 1.54) is 12.7 Å². The predicted octanol–water partition coefficient (Wildman–Crippen LogP) is 3.33. The maximum absolute atomic E-state index is 13.7. The van der Waals surface area contributed by atoms with Crippen LogP contribution in [0.5, 0.6) is 17.2 Å². The molecular weight excluding hydrogens is 606 g/mol. The molecule has 0 spiro atoms. The molecular formula is C32H36NO11S+. The molecule has 0 amide bonds. The topological polar surface area (TPSA) is 121 Å². The second kappa shape index (κ2) is 9.98. The fourth-order valence-electron chi connectivity index (χ4n) is 7.16. The Morgan fingerprint density at radius 2 is 1.80 bits per heavy atom. The van der Waals surface area contributed by atoms with Gasteiger partial charge in [0.15, 0.2) is 35.8 Å². The van der Waals surface area contributed by atoms with Gasteiger partial charge in [0.1, 0.15) is 36.4 Å². The number of hydrogen-bond donors (Lipinski definition) is 0. The Balaban J connectivity index is 1.09. The van der Waals surface area contributed by atoms with Crippen molar-refractivity contribution in [2.75, 3.05) is 27.1 Å². The molecule has 0 bridgehead atoms. The zero-order valence-electron chi connectivity index (χ0n) is 25.8. The van der Waals surface area contributed by atoms with Gasteiger partial charge in [-0.3, -0.25) is 4.18 Å². The molecule has 5 aliphatic rings. The molecule has 3 fully saturated rings. The molecule has 5 aliphatic heterocycles. The van der Waals surface area contributed by atoms with Crippen LogP contribution in [-0.2, 0) is 56.7 Å². The third-order valence-electron chi connectivity index (χ3n) is 8.99. The fraction of sp³-hybridized carbons (Fsp3) is 0.531. The largest absolute Gasteiger partial charge is 0.496 e. The van der Waals surface area contributed by atoms with Gasteiger partial charge < -0.3 is 37.9 Å². The average molecular weight is 643 g/mol. The molecule has 0 aliphatic carbocycles. The van der Waals surface area contributed by atoms with Gasteiger partial charge >= 0.3 is 0 Å². The molecule has 13 heteroatoms. The Bertz CT molecular complexity index is 1820. The third kappa shape index (κ3) is 4.96. The highest BCUT2D eigenvalue weighted by Crippen LogP contribution is 2.48. The van der Waals surface area contributed by atoms with Crippen LogP contribution in [-0.4, -0.2) is 71.2 Å². The van der Waals surface area contributed by atoms with Gasteiger partial charge in [-0.25, -0.2) is 0 Å². The van der Waals surface area contributed by atoms with E-state index in [1.54, 1.807) is 19.9 Å². The summed E-state index contributed by atoms with van der Waals surface area (Å²) in [5.74, 6) is -1.90. The van der Waals surface area contributed by atoms with Gasteiger partial charge in [-0.15, -0.1) is 0 Å². The van der Waals surface area contributed by atoms with Crippen LogP contribution in [0, 0.1) is 0 Å². The fourth-order valence-corrected chi connectivity index (χ4v) is 8.24. The highest BCUT2D eigenvalue weighted by molar-refractivity contribution is 7.85. The van der Waals surface area contributed by atoms with Crippen LogP contribution in [0.15, 0.2) is 36.5 Å². The number of aromatic nitrogens is 1. The lowest BCUT2D eigenvalue weighted by Gasteiger charge is -2.40. The lowest BCUT2D eigenvalue weighted by molar-refractivity contribution is -0.686. The van der Waals surface area contributed by atoms with Gasteiger partial charge in [0.25, 0.3) is 10.1 Å². The quantitative estimate of drug-likeness (QED) is 0.291. The second-order valence-corrected chi connectivity index (χ2v) is 14.6. The molecule has 0 N–H and O–H groups in total. The first-order chi connectivity index (χ1) is 21.3. The Kier molecular flexibility index (Phi) is 6.51. The number of pyridine rings is 1. The number of hydrogen-bond acceptors (Lipinski definition) is 11. The predicted molar refractivity (Wildman–Crippen MR) is 157 cm³/mol. The molecule has 1 aromatic heterocycles. The summed E-state index contributed by atoms with van der Waals surface area (Å²) in [4.78, 5) is 0. The Morgan fingerprint density at radius 3 is 2.60 bits per heavy atom. The molecule has 8 rings (SSSR count). The second-order valence-electron chi connectivity index (χ2n) is 13.0. The van der Waals surface area contributed by atoms with Crippen molar-refractivity contribution in [2.24, 2.45) is 0 Å². The zero-order chi connectivity index (χ0) is 31.4. The molecule has 6 heterocycles. The lowest BCUT2D eigenvalue weighted by atomic mass is 9.94. The summed E-state index contributed by atoms with van der Waals surface area (Å²) in [5.41, 5.74) is 3.75. The van der Waals surface area contributed by atoms with E-state index in [4.69, 9.17) is 42.1 Å². The van der Waals surface area contributed by atoms with E-state index in [2.05, 4.69) is 10.6 Å². The highest BCUT2D eigenvalue weighted by atomic mass is 32.2. The van der Waals surface area contributed by atoms with Crippen LogP contribution >= 0.6 is 0 Å². The van der Waals surface area contributed by atoms with Crippen LogP contribution < -0.4 is 18.8 Å². The van der Waals surface area contributed by atoms with E-state index in [1.807, 2.05) is 38.2 Å². The normalized spacial score (nSPS) is 28.8. The van der Waals surface area contributed by atoms with Crippen molar-refractivity contribution in [2.45, 2.75) is 82.1 Å². The zero-order valence-corrected chi connectivity index (χ0v) is 26.6. The number of fused-ring (bicyclic) bond motifs is 8. The number of methoxy groups -OCH3 is 1. The molecule has 240 valence electrons. The number of benzene rings is 2. The van der Waals surface area contributed by atoms with E-state index >= 15 is 0 Å². The van der Waals surface area contributed by atoms with Crippen LogP contribution in [0.2, 0.25) is 0 Å². The Hall–Kier alpha value is -3.04. The van der Waals surface area contributed by atoms with Crippen molar-refractivity contribution in [3.05, 3.63) is 47.7 Å². The van der Waals surface area contributed by atoms with Crippen molar-refractivity contribution in [1.29, 1.82) is 0 Å². The molecule has 4 atom stereocenters. The standard InChI is InChI=1S/C32H36NO11S/c1-30(2)41-27-14-39-32(29(28(27)42-30)43-31(3,4)44-32)16-40-45(34,35)15-22-21-13-33-9-8-19-11-25-26(38-17-37-25)12-20(19)23(33)10-18(21)6-7-24(22)36-5/h6-7,10-13,27-29H,8-9,14-17H2,1-5H3/q+1/t27-,28-,29?,32+/m1/s1. The first-order valence-electron chi connectivity index (χ1n) is 15.0. The molecule has 3 saturated heterocycles. The summed E-state index contributed by atoms with van der Waals surface area (Å²) >= 11 is 0. The summed E-state index contributed by atoms with van der Waals surface area (Å²) in [6.45, 7) is 7.77. The molecule has 12 nitrogen and oxygen atoms in total. The Labute approximate surface area is 261 Å². The summed E-state index contributed by atoms with van der Waals surface area (Å²) in [5, 5.41) is 1.62. The van der Waals surface area contributed by atoms with Gasteiger partial charge in [0.2, 0.25) is 18.3 Å². The van der Waals surface area contributed by atoms with Gasteiger partial charge in [0, 0.05) is 18.1 Å².